The number of nitriles is 1. The van der Waals surface area contributed by atoms with E-state index in [1.165, 1.54) is 17.4 Å². The van der Waals surface area contributed by atoms with Crippen molar-refractivity contribution >= 4 is 38.9 Å². The molecule has 2 aromatic rings. The van der Waals surface area contributed by atoms with Gasteiger partial charge in [0.25, 0.3) is 0 Å². The topological polar surface area (TPSA) is 88.5 Å². The molecule has 6 nitrogen and oxygen atoms in total. The molecular weight excluding hydrogens is 334 g/mol. The van der Waals surface area contributed by atoms with Crippen LogP contribution in [0.3, 0.4) is 0 Å². The van der Waals surface area contributed by atoms with Gasteiger partial charge in [-0.15, -0.1) is 11.3 Å². The summed E-state index contributed by atoms with van der Waals surface area (Å²) in [5.41, 5.74) is 0.710. The van der Waals surface area contributed by atoms with Gasteiger partial charge in [0.2, 0.25) is 11.5 Å². The quantitative estimate of drug-likeness (QED) is 0.487. The van der Waals surface area contributed by atoms with Gasteiger partial charge >= 0.3 is 5.97 Å². The maximum Gasteiger partial charge on any atom is 0.400 e. The summed E-state index contributed by atoms with van der Waals surface area (Å²) in [6.07, 6.45) is 0. The largest absolute Gasteiger partial charge is 0.442 e. The highest BCUT2D eigenvalue weighted by atomic mass is 79.9. The van der Waals surface area contributed by atoms with Crippen molar-refractivity contribution in [3.05, 3.63) is 38.6 Å². The fraction of sp³-hybridized carbons (Fsp3) is 0.0909. The van der Waals surface area contributed by atoms with Crippen molar-refractivity contribution in [2.24, 2.45) is 5.16 Å². The number of halogens is 1. The minimum atomic E-state index is -0.785. The van der Waals surface area contributed by atoms with Crippen LogP contribution in [-0.2, 0) is 4.84 Å². The zero-order chi connectivity index (χ0) is 13.8. The Labute approximate surface area is 120 Å². The van der Waals surface area contributed by atoms with Crippen molar-refractivity contribution < 1.29 is 14.0 Å². The lowest BCUT2D eigenvalue weighted by Crippen LogP contribution is -2.03. The molecule has 0 unspecified atom stereocenters. The highest BCUT2D eigenvalue weighted by molar-refractivity contribution is 9.10. The van der Waals surface area contributed by atoms with Crippen molar-refractivity contribution in [1.29, 1.82) is 5.26 Å². The van der Waals surface area contributed by atoms with E-state index in [4.69, 9.17) is 9.68 Å². The van der Waals surface area contributed by atoms with Gasteiger partial charge in [0.15, 0.2) is 9.68 Å². The Morgan fingerprint density at radius 2 is 2.42 bits per heavy atom. The Morgan fingerprint density at radius 1 is 1.63 bits per heavy atom. The van der Waals surface area contributed by atoms with E-state index in [-0.39, 0.29) is 11.5 Å². The smallest absolute Gasteiger partial charge is 0.400 e. The molecule has 0 bridgehead atoms. The molecule has 0 atom stereocenters. The van der Waals surface area contributed by atoms with E-state index in [0.29, 0.717) is 9.68 Å². The van der Waals surface area contributed by atoms with Crippen molar-refractivity contribution in [2.45, 2.75) is 6.92 Å². The summed E-state index contributed by atoms with van der Waals surface area (Å²) in [7, 11) is 0. The molecule has 0 amide bonds. The van der Waals surface area contributed by atoms with Crippen LogP contribution in [0.4, 0.5) is 0 Å². The van der Waals surface area contributed by atoms with Crippen molar-refractivity contribution in [3.63, 3.8) is 0 Å². The molecule has 0 radical (unpaired) electrons. The summed E-state index contributed by atoms with van der Waals surface area (Å²) >= 11 is 4.31. The van der Waals surface area contributed by atoms with Gasteiger partial charge in [-0.25, -0.2) is 9.78 Å². The molecule has 0 aromatic carbocycles. The SMILES string of the molecule is Cc1csc(/C(C#N)=N\OC(=O)c2ccc(Br)o2)n1. The molecule has 19 heavy (non-hydrogen) atoms. The van der Waals surface area contributed by atoms with Crippen LogP contribution in [0, 0.1) is 18.3 Å². The molecule has 0 saturated carbocycles. The van der Waals surface area contributed by atoms with E-state index in [2.05, 4.69) is 30.9 Å². The molecule has 0 N–H and O–H groups in total. The molecule has 0 saturated heterocycles. The van der Waals surface area contributed by atoms with Gasteiger partial charge in [-0.1, -0.05) is 5.16 Å². The Morgan fingerprint density at radius 3 is 2.95 bits per heavy atom. The molecule has 2 aromatic heterocycles. The van der Waals surface area contributed by atoms with E-state index in [1.807, 2.05) is 6.07 Å². The van der Waals surface area contributed by atoms with Gasteiger partial charge in [0, 0.05) is 11.1 Å². The number of aromatic nitrogens is 1. The van der Waals surface area contributed by atoms with Crippen molar-refractivity contribution in [2.75, 3.05) is 0 Å². The van der Waals surface area contributed by atoms with Gasteiger partial charge in [0.05, 0.1) is 0 Å². The molecule has 0 spiro atoms. The Kier molecular flexibility index (Phi) is 4.09. The predicted molar refractivity (Wildman–Crippen MR) is 70.8 cm³/mol. The average molecular weight is 340 g/mol. The molecule has 2 rings (SSSR count). The molecule has 0 aliphatic heterocycles. The number of carbonyl (C=O) groups excluding carboxylic acids is 1. The lowest BCUT2D eigenvalue weighted by molar-refractivity contribution is 0.0479. The summed E-state index contributed by atoms with van der Waals surface area (Å²) in [5.74, 6) is -0.796. The summed E-state index contributed by atoms with van der Waals surface area (Å²) in [6.45, 7) is 1.79. The second kappa shape index (κ2) is 5.77. The van der Waals surface area contributed by atoms with E-state index in [9.17, 15) is 4.79 Å². The molecule has 0 aliphatic carbocycles. The maximum atomic E-state index is 11.5. The van der Waals surface area contributed by atoms with Gasteiger partial charge in [0.1, 0.15) is 6.07 Å². The second-order valence-corrected chi connectivity index (χ2v) is 4.97. The molecule has 96 valence electrons. The second-order valence-electron chi connectivity index (χ2n) is 3.33. The zero-order valence-corrected chi connectivity index (χ0v) is 12.0. The third-order valence-electron chi connectivity index (χ3n) is 1.92. The molecule has 0 fully saturated rings. The minimum absolute atomic E-state index is 0.0109. The number of thiazole rings is 1. The Balaban J connectivity index is 2.13. The third-order valence-corrected chi connectivity index (χ3v) is 3.31. The van der Waals surface area contributed by atoms with E-state index < -0.39 is 5.97 Å². The highest BCUT2D eigenvalue weighted by Gasteiger charge is 2.14. The van der Waals surface area contributed by atoms with E-state index >= 15 is 0 Å². The fourth-order valence-corrected chi connectivity index (χ4v) is 2.16. The zero-order valence-electron chi connectivity index (χ0n) is 9.58. The van der Waals surface area contributed by atoms with Crippen LogP contribution in [0.1, 0.15) is 21.3 Å². The minimum Gasteiger partial charge on any atom is -0.442 e. The Bertz CT molecular complexity index is 683. The summed E-state index contributed by atoms with van der Waals surface area (Å²) < 4.78 is 5.40. The van der Waals surface area contributed by atoms with Crippen LogP contribution in [0.5, 0.6) is 0 Å². The molecule has 2 heterocycles. The van der Waals surface area contributed by atoms with Crippen molar-refractivity contribution in [3.8, 4) is 6.07 Å². The van der Waals surface area contributed by atoms with Crippen LogP contribution in [0.15, 0.2) is 31.8 Å². The number of rotatable bonds is 3. The van der Waals surface area contributed by atoms with Crippen molar-refractivity contribution in [1.82, 2.24) is 4.98 Å². The first-order valence-corrected chi connectivity index (χ1v) is 6.64. The van der Waals surface area contributed by atoms with Crippen LogP contribution in [0.2, 0.25) is 0 Å². The summed E-state index contributed by atoms with van der Waals surface area (Å²) in [6, 6.07) is 4.81. The number of carbonyl (C=O) groups is 1. The highest BCUT2D eigenvalue weighted by Crippen LogP contribution is 2.15. The lowest BCUT2D eigenvalue weighted by Gasteiger charge is -1.94. The standard InChI is InChI=1S/C11H6BrN3O3S/c1-6-5-19-10(14-6)7(4-13)15-18-11(16)8-2-3-9(12)17-8/h2-3,5H,1H3/b15-7-. The normalized spacial score (nSPS) is 11.1. The van der Waals surface area contributed by atoms with E-state index in [1.54, 1.807) is 18.4 Å². The van der Waals surface area contributed by atoms with Crippen LogP contribution >= 0.6 is 27.3 Å². The average Bonchev–Trinajstić information content (AvgIpc) is 2.99. The van der Waals surface area contributed by atoms with Crippen LogP contribution < -0.4 is 0 Å². The van der Waals surface area contributed by atoms with Crippen LogP contribution in [0.25, 0.3) is 0 Å². The number of aryl methyl sites for hydroxylation is 1. The number of hydrogen-bond donors (Lipinski definition) is 0. The monoisotopic (exact) mass is 339 g/mol. The van der Waals surface area contributed by atoms with E-state index in [0.717, 1.165) is 5.69 Å². The number of nitrogens with zero attached hydrogens (tertiary/aromatic N) is 3. The predicted octanol–water partition coefficient (Wildman–Crippen LogP) is 2.89. The molecular formula is C11H6BrN3O3S. The van der Waals surface area contributed by atoms with Gasteiger partial charge in [-0.2, -0.15) is 5.26 Å². The fourth-order valence-electron chi connectivity index (χ4n) is 1.13. The lowest BCUT2D eigenvalue weighted by atomic mass is 10.4. The summed E-state index contributed by atoms with van der Waals surface area (Å²) in [5, 5.41) is 14.6. The molecule has 8 heteroatoms. The summed E-state index contributed by atoms with van der Waals surface area (Å²) in [4.78, 5) is 20.3. The number of furan rings is 1. The maximum absolute atomic E-state index is 11.5. The third kappa shape index (κ3) is 3.27. The van der Waals surface area contributed by atoms with Gasteiger partial charge < -0.3 is 9.25 Å². The van der Waals surface area contributed by atoms with Gasteiger partial charge in [-0.05, 0) is 35.0 Å². The molecule has 0 aliphatic rings. The number of oxime groups is 1. The number of hydrogen-bond acceptors (Lipinski definition) is 7. The van der Waals surface area contributed by atoms with Gasteiger partial charge in [-0.3, -0.25) is 0 Å². The first-order valence-electron chi connectivity index (χ1n) is 4.97. The van der Waals surface area contributed by atoms with Crippen LogP contribution in [-0.4, -0.2) is 16.7 Å². The first kappa shape index (κ1) is 13.5. The first-order chi connectivity index (χ1) is 9.10. The Hall–Kier alpha value is -1.98.